The monoisotopic (exact) mass is 360 g/mol. The minimum absolute atomic E-state index is 0.679. The summed E-state index contributed by atoms with van der Waals surface area (Å²) >= 11 is 0. The van der Waals surface area contributed by atoms with E-state index in [0.29, 0.717) is 5.95 Å². The largest absolute Gasteiger partial charge is 0.368 e. The molecule has 0 atom stereocenters. The molecule has 0 aliphatic carbocycles. The number of hydrogen-bond acceptors (Lipinski definition) is 6. The molecule has 4 rings (SSSR count). The maximum absolute atomic E-state index is 4.68. The van der Waals surface area contributed by atoms with E-state index in [2.05, 4.69) is 86.6 Å². The molecule has 0 amide bonds. The van der Waals surface area contributed by atoms with E-state index in [1.165, 1.54) is 16.8 Å². The molecule has 1 aromatic heterocycles. The minimum atomic E-state index is 0.679. The van der Waals surface area contributed by atoms with Crippen LogP contribution in [-0.2, 0) is 0 Å². The van der Waals surface area contributed by atoms with E-state index in [9.17, 15) is 0 Å². The number of hydrogen-bond donors (Lipinski definition) is 1. The molecular formula is C21H24N6. The van der Waals surface area contributed by atoms with E-state index in [4.69, 9.17) is 0 Å². The van der Waals surface area contributed by atoms with Gasteiger partial charge in [-0.15, -0.1) is 5.10 Å². The van der Waals surface area contributed by atoms with E-state index in [-0.39, 0.29) is 0 Å². The van der Waals surface area contributed by atoms with Crippen LogP contribution in [0.1, 0.15) is 11.1 Å². The quantitative estimate of drug-likeness (QED) is 0.768. The summed E-state index contributed by atoms with van der Waals surface area (Å²) in [5.41, 5.74) is 4.71. The molecule has 27 heavy (non-hydrogen) atoms. The van der Waals surface area contributed by atoms with Crippen LogP contribution < -0.4 is 15.1 Å². The van der Waals surface area contributed by atoms with E-state index in [1.54, 1.807) is 6.20 Å². The molecule has 0 radical (unpaired) electrons. The van der Waals surface area contributed by atoms with Gasteiger partial charge in [0.2, 0.25) is 5.95 Å². The number of nitrogens with one attached hydrogen (secondary N) is 1. The van der Waals surface area contributed by atoms with Crippen molar-refractivity contribution in [1.82, 2.24) is 15.2 Å². The smallest absolute Gasteiger partial charge is 0.247 e. The summed E-state index contributed by atoms with van der Waals surface area (Å²) in [4.78, 5) is 9.27. The highest BCUT2D eigenvalue weighted by atomic mass is 15.4. The Morgan fingerprint density at radius 2 is 1.63 bits per heavy atom. The summed E-state index contributed by atoms with van der Waals surface area (Å²) in [6.07, 6.45) is 1.67. The van der Waals surface area contributed by atoms with Crippen LogP contribution in [0, 0.1) is 13.8 Å². The van der Waals surface area contributed by atoms with E-state index in [1.807, 2.05) is 6.07 Å². The van der Waals surface area contributed by atoms with Gasteiger partial charge in [0.15, 0.2) is 5.82 Å². The maximum Gasteiger partial charge on any atom is 0.247 e. The van der Waals surface area contributed by atoms with Gasteiger partial charge in [-0.2, -0.15) is 10.1 Å². The van der Waals surface area contributed by atoms with Crippen LogP contribution in [0.25, 0.3) is 0 Å². The van der Waals surface area contributed by atoms with E-state index in [0.717, 1.165) is 37.7 Å². The first-order valence-electron chi connectivity index (χ1n) is 9.28. The fourth-order valence-corrected chi connectivity index (χ4v) is 3.30. The highest BCUT2D eigenvalue weighted by Gasteiger charge is 2.19. The summed E-state index contributed by atoms with van der Waals surface area (Å²) in [6, 6.07) is 16.9. The molecule has 6 nitrogen and oxygen atoms in total. The van der Waals surface area contributed by atoms with E-state index >= 15 is 0 Å². The van der Waals surface area contributed by atoms with Crippen LogP contribution in [0.5, 0.6) is 0 Å². The highest BCUT2D eigenvalue weighted by Crippen LogP contribution is 2.22. The lowest BCUT2D eigenvalue weighted by Crippen LogP contribution is -2.47. The van der Waals surface area contributed by atoms with Crippen molar-refractivity contribution in [3.8, 4) is 0 Å². The van der Waals surface area contributed by atoms with Gasteiger partial charge in [-0.3, -0.25) is 0 Å². The molecule has 0 bridgehead atoms. The summed E-state index contributed by atoms with van der Waals surface area (Å²) in [5, 5.41) is 11.8. The van der Waals surface area contributed by atoms with Gasteiger partial charge in [0.1, 0.15) is 0 Å². The predicted molar refractivity (Wildman–Crippen MR) is 110 cm³/mol. The minimum Gasteiger partial charge on any atom is -0.368 e. The Morgan fingerprint density at radius 1 is 0.889 bits per heavy atom. The number of aromatic nitrogens is 3. The zero-order chi connectivity index (χ0) is 18.6. The highest BCUT2D eigenvalue weighted by molar-refractivity contribution is 5.61. The van der Waals surface area contributed by atoms with Crippen molar-refractivity contribution >= 4 is 23.1 Å². The Kier molecular flexibility index (Phi) is 4.87. The first-order valence-corrected chi connectivity index (χ1v) is 9.28. The standard InChI is InChI=1S/C21H24N6/c1-16-8-9-17(2)19(14-16)23-20-15-22-25-21(24-20)27-12-10-26(11-13-27)18-6-4-3-5-7-18/h3-9,14-15H,10-13H2,1-2H3,(H,23,24,25). The molecule has 2 aromatic carbocycles. The third-order valence-electron chi connectivity index (χ3n) is 4.89. The second-order valence-corrected chi connectivity index (χ2v) is 6.89. The van der Waals surface area contributed by atoms with Crippen LogP contribution in [0.4, 0.5) is 23.1 Å². The number of anilines is 4. The Hall–Kier alpha value is -3.15. The number of benzene rings is 2. The van der Waals surface area contributed by atoms with Gasteiger partial charge in [0, 0.05) is 37.6 Å². The van der Waals surface area contributed by atoms with Crippen LogP contribution >= 0.6 is 0 Å². The maximum atomic E-state index is 4.68. The van der Waals surface area contributed by atoms with Crippen molar-refractivity contribution in [1.29, 1.82) is 0 Å². The van der Waals surface area contributed by atoms with Crippen LogP contribution in [0.15, 0.2) is 54.7 Å². The summed E-state index contributed by atoms with van der Waals surface area (Å²) in [7, 11) is 0. The zero-order valence-electron chi connectivity index (χ0n) is 15.8. The molecule has 3 aromatic rings. The van der Waals surface area contributed by atoms with E-state index < -0.39 is 0 Å². The molecule has 138 valence electrons. The summed E-state index contributed by atoms with van der Waals surface area (Å²) in [5.74, 6) is 1.40. The lowest BCUT2D eigenvalue weighted by Gasteiger charge is -2.35. The molecule has 1 saturated heterocycles. The number of nitrogens with zero attached hydrogens (tertiary/aromatic N) is 5. The Bertz CT molecular complexity index is 904. The molecule has 1 aliphatic rings. The van der Waals surface area contributed by atoms with Crippen molar-refractivity contribution < 1.29 is 0 Å². The number of aryl methyl sites for hydroxylation is 2. The van der Waals surface area contributed by atoms with Gasteiger partial charge in [-0.05, 0) is 43.2 Å². The molecule has 1 N–H and O–H groups in total. The summed E-state index contributed by atoms with van der Waals surface area (Å²) in [6.45, 7) is 7.82. The molecule has 2 heterocycles. The molecule has 0 unspecified atom stereocenters. The Labute approximate surface area is 159 Å². The van der Waals surface area contributed by atoms with Gasteiger partial charge in [-0.1, -0.05) is 30.3 Å². The van der Waals surface area contributed by atoms with Gasteiger partial charge < -0.3 is 15.1 Å². The van der Waals surface area contributed by atoms with Crippen molar-refractivity contribution in [2.24, 2.45) is 0 Å². The van der Waals surface area contributed by atoms with Crippen LogP contribution in [-0.4, -0.2) is 41.4 Å². The van der Waals surface area contributed by atoms with Gasteiger partial charge in [0.05, 0.1) is 6.20 Å². The third-order valence-corrected chi connectivity index (χ3v) is 4.89. The Morgan fingerprint density at radius 3 is 2.41 bits per heavy atom. The van der Waals surface area contributed by atoms with Crippen molar-refractivity contribution in [3.05, 3.63) is 65.9 Å². The number of piperazine rings is 1. The first-order chi connectivity index (χ1) is 13.2. The molecular weight excluding hydrogens is 336 g/mol. The first kappa shape index (κ1) is 17.3. The topological polar surface area (TPSA) is 57.2 Å². The summed E-state index contributed by atoms with van der Waals surface area (Å²) < 4.78 is 0. The molecule has 0 spiro atoms. The number of para-hydroxylation sites is 1. The average molecular weight is 360 g/mol. The van der Waals surface area contributed by atoms with Crippen molar-refractivity contribution in [2.75, 3.05) is 41.3 Å². The molecule has 1 aliphatic heterocycles. The zero-order valence-corrected chi connectivity index (χ0v) is 15.8. The fraction of sp³-hybridized carbons (Fsp3) is 0.286. The normalized spacial score (nSPS) is 14.3. The average Bonchev–Trinajstić information content (AvgIpc) is 2.72. The van der Waals surface area contributed by atoms with Crippen LogP contribution in [0.2, 0.25) is 0 Å². The van der Waals surface area contributed by atoms with Crippen molar-refractivity contribution in [2.45, 2.75) is 13.8 Å². The second kappa shape index (κ2) is 7.61. The second-order valence-electron chi connectivity index (χ2n) is 6.89. The van der Waals surface area contributed by atoms with Crippen LogP contribution in [0.3, 0.4) is 0 Å². The Balaban J connectivity index is 1.45. The lowest BCUT2D eigenvalue weighted by atomic mass is 10.1. The SMILES string of the molecule is Cc1ccc(C)c(Nc2cnnc(N3CCN(c4ccccc4)CC3)n2)c1. The van der Waals surface area contributed by atoms with Gasteiger partial charge in [0.25, 0.3) is 0 Å². The molecule has 1 fully saturated rings. The fourth-order valence-electron chi connectivity index (χ4n) is 3.30. The number of rotatable bonds is 4. The van der Waals surface area contributed by atoms with Gasteiger partial charge >= 0.3 is 0 Å². The van der Waals surface area contributed by atoms with Gasteiger partial charge in [-0.25, -0.2) is 0 Å². The predicted octanol–water partition coefficient (Wildman–Crippen LogP) is 3.56. The third kappa shape index (κ3) is 4.00. The lowest BCUT2D eigenvalue weighted by molar-refractivity contribution is 0.635. The molecule has 0 saturated carbocycles. The van der Waals surface area contributed by atoms with Crippen molar-refractivity contribution in [3.63, 3.8) is 0 Å². The molecule has 6 heteroatoms.